The number of hydrogen-bond acceptors (Lipinski definition) is 2. The van der Waals surface area contributed by atoms with E-state index in [0.29, 0.717) is 13.1 Å². The normalized spacial score (nSPS) is 14.8. The Labute approximate surface area is 148 Å². The molecule has 0 spiro atoms. The van der Waals surface area contributed by atoms with Crippen LogP contribution in [-0.2, 0) is 19.4 Å². The fraction of sp³-hybridized carbons (Fsp3) is 0.400. The molecule has 3 rings (SSSR count). The van der Waals surface area contributed by atoms with Gasteiger partial charge in [-0.25, -0.2) is 4.79 Å². The van der Waals surface area contributed by atoms with Crippen LogP contribution in [0.3, 0.4) is 0 Å². The molecule has 2 N–H and O–H groups in total. The average molecular weight is 339 g/mol. The number of amides is 2. The van der Waals surface area contributed by atoms with Crippen LogP contribution in [0.5, 0.6) is 0 Å². The number of carbonyl (C=O) groups excluding carboxylic acids is 1. The van der Waals surface area contributed by atoms with Gasteiger partial charge in [0.25, 0.3) is 0 Å². The molecule has 2 aromatic rings. The van der Waals surface area contributed by atoms with Gasteiger partial charge in [0.15, 0.2) is 0 Å². The highest BCUT2D eigenvalue weighted by molar-refractivity contribution is 5.75. The minimum absolute atomic E-state index is 0.0157. The van der Waals surface area contributed by atoms with Gasteiger partial charge in [0.2, 0.25) is 5.56 Å². The Bertz CT molecular complexity index is 772. The SMILES string of the molecule is CC1(NC(=O)NCCCCn2ccccc2=O)Cc2ccccc2C1. The van der Waals surface area contributed by atoms with E-state index in [1.807, 2.05) is 18.2 Å². The largest absolute Gasteiger partial charge is 0.338 e. The molecular weight excluding hydrogens is 314 g/mol. The summed E-state index contributed by atoms with van der Waals surface area (Å²) in [6.45, 7) is 3.38. The standard InChI is InChI=1S/C20H25N3O2/c1-20(14-16-8-2-3-9-17(16)15-20)22-19(25)21-11-5-7-13-23-12-6-4-10-18(23)24/h2-4,6,8-10,12H,5,7,11,13-15H2,1H3,(H2,21,22,25). The number of pyridine rings is 1. The highest BCUT2D eigenvalue weighted by atomic mass is 16.2. The summed E-state index contributed by atoms with van der Waals surface area (Å²) in [5, 5.41) is 6.04. The van der Waals surface area contributed by atoms with Gasteiger partial charge in [0.05, 0.1) is 0 Å². The van der Waals surface area contributed by atoms with Crippen molar-refractivity contribution in [2.24, 2.45) is 0 Å². The predicted octanol–water partition coefficient (Wildman–Crippen LogP) is 2.49. The van der Waals surface area contributed by atoms with E-state index in [1.54, 1.807) is 22.9 Å². The Balaban J connectivity index is 1.38. The lowest BCUT2D eigenvalue weighted by molar-refractivity contribution is 0.228. The summed E-state index contributed by atoms with van der Waals surface area (Å²) >= 11 is 0. The topological polar surface area (TPSA) is 63.1 Å². The van der Waals surface area contributed by atoms with Gasteiger partial charge in [0.1, 0.15) is 0 Å². The predicted molar refractivity (Wildman–Crippen MR) is 98.7 cm³/mol. The molecule has 0 saturated heterocycles. The summed E-state index contributed by atoms with van der Waals surface area (Å²) < 4.78 is 1.69. The molecule has 1 aromatic carbocycles. The quantitative estimate of drug-likeness (QED) is 0.794. The second-order valence-corrected chi connectivity index (χ2v) is 7.00. The molecule has 0 aliphatic heterocycles. The lowest BCUT2D eigenvalue weighted by Crippen LogP contribution is -2.51. The second kappa shape index (κ2) is 7.55. The molecule has 1 heterocycles. The average Bonchev–Trinajstić information content (AvgIpc) is 2.91. The molecule has 0 unspecified atom stereocenters. The summed E-state index contributed by atoms with van der Waals surface area (Å²) in [7, 11) is 0. The lowest BCUT2D eigenvalue weighted by atomic mass is 9.99. The molecule has 0 saturated carbocycles. The number of fused-ring (bicyclic) bond motifs is 1. The maximum Gasteiger partial charge on any atom is 0.315 e. The van der Waals surface area contributed by atoms with Gasteiger partial charge in [-0.2, -0.15) is 0 Å². The first-order valence-corrected chi connectivity index (χ1v) is 8.84. The maximum absolute atomic E-state index is 12.2. The van der Waals surface area contributed by atoms with Crippen LogP contribution in [0.25, 0.3) is 0 Å². The van der Waals surface area contributed by atoms with Crippen LogP contribution in [0.2, 0.25) is 0 Å². The van der Waals surface area contributed by atoms with Crippen molar-refractivity contribution in [3.8, 4) is 0 Å². The van der Waals surface area contributed by atoms with Gasteiger partial charge in [-0.1, -0.05) is 30.3 Å². The molecule has 0 atom stereocenters. The molecule has 0 radical (unpaired) electrons. The van der Waals surface area contributed by atoms with Crippen LogP contribution in [0.15, 0.2) is 53.5 Å². The number of aryl methyl sites for hydroxylation is 1. The number of aromatic nitrogens is 1. The number of benzene rings is 1. The summed E-state index contributed by atoms with van der Waals surface area (Å²) in [6.07, 6.45) is 5.22. The van der Waals surface area contributed by atoms with Crippen molar-refractivity contribution >= 4 is 6.03 Å². The van der Waals surface area contributed by atoms with Crippen molar-refractivity contribution in [1.82, 2.24) is 15.2 Å². The van der Waals surface area contributed by atoms with Crippen LogP contribution in [0, 0.1) is 0 Å². The Hall–Kier alpha value is -2.56. The van der Waals surface area contributed by atoms with E-state index in [2.05, 4.69) is 29.7 Å². The number of urea groups is 1. The molecule has 25 heavy (non-hydrogen) atoms. The first kappa shape index (κ1) is 17.3. The van der Waals surface area contributed by atoms with Gasteiger partial charge in [-0.05, 0) is 49.8 Å². The number of hydrogen-bond donors (Lipinski definition) is 2. The Morgan fingerprint density at radius 1 is 1.08 bits per heavy atom. The number of rotatable bonds is 6. The molecular formula is C20H25N3O2. The van der Waals surface area contributed by atoms with Crippen LogP contribution in [-0.4, -0.2) is 22.7 Å². The minimum Gasteiger partial charge on any atom is -0.338 e. The molecule has 1 aliphatic rings. The molecule has 0 fully saturated rings. The van der Waals surface area contributed by atoms with Crippen LogP contribution >= 0.6 is 0 Å². The van der Waals surface area contributed by atoms with E-state index in [9.17, 15) is 9.59 Å². The molecule has 132 valence electrons. The monoisotopic (exact) mass is 339 g/mol. The van der Waals surface area contributed by atoms with E-state index in [-0.39, 0.29) is 17.1 Å². The highest BCUT2D eigenvalue weighted by Gasteiger charge is 2.33. The molecule has 5 heteroatoms. The fourth-order valence-corrected chi connectivity index (χ4v) is 3.47. The Morgan fingerprint density at radius 2 is 1.76 bits per heavy atom. The van der Waals surface area contributed by atoms with Crippen LogP contribution in [0.4, 0.5) is 4.79 Å². The third kappa shape index (κ3) is 4.50. The van der Waals surface area contributed by atoms with Gasteiger partial charge in [-0.3, -0.25) is 4.79 Å². The van der Waals surface area contributed by atoms with Crippen molar-refractivity contribution in [2.75, 3.05) is 6.54 Å². The highest BCUT2D eigenvalue weighted by Crippen LogP contribution is 2.29. The zero-order chi connectivity index (χ0) is 17.7. The zero-order valence-corrected chi connectivity index (χ0v) is 14.6. The summed E-state index contributed by atoms with van der Waals surface area (Å²) in [5.74, 6) is 0. The van der Waals surface area contributed by atoms with Gasteiger partial charge in [-0.15, -0.1) is 0 Å². The lowest BCUT2D eigenvalue weighted by Gasteiger charge is -2.25. The van der Waals surface area contributed by atoms with Crippen molar-refractivity contribution in [2.45, 2.75) is 44.7 Å². The van der Waals surface area contributed by atoms with E-state index in [1.165, 1.54) is 11.1 Å². The molecule has 0 bridgehead atoms. The number of nitrogens with one attached hydrogen (secondary N) is 2. The van der Waals surface area contributed by atoms with Crippen LogP contribution in [0.1, 0.15) is 30.9 Å². The number of unbranched alkanes of at least 4 members (excludes halogenated alkanes) is 1. The Morgan fingerprint density at radius 3 is 2.44 bits per heavy atom. The number of carbonyl (C=O) groups is 1. The second-order valence-electron chi connectivity index (χ2n) is 7.00. The van der Waals surface area contributed by atoms with E-state index in [0.717, 1.165) is 25.7 Å². The van der Waals surface area contributed by atoms with Crippen molar-refractivity contribution in [3.05, 3.63) is 70.1 Å². The van der Waals surface area contributed by atoms with E-state index in [4.69, 9.17) is 0 Å². The zero-order valence-electron chi connectivity index (χ0n) is 14.6. The van der Waals surface area contributed by atoms with Gasteiger partial charge >= 0.3 is 6.03 Å². The fourth-order valence-electron chi connectivity index (χ4n) is 3.47. The molecule has 1 aromatic heterocycles. The smallest absolute Gasteiger partial charge is 0.315 e. The number of nitrogens with zero attached hydrogens (tertiary/aromatic N) is 1. The third-order valence-corrected chi connectivity index (χ3v) is 4.71. The third-order valence-electron chi connectivity index (χ3n) is 4.71. The summed E-state index contributed by atoms with van der Waals surface area (Å²) in [6, 6.07) is 13.4. The van der Waals surface area contributed by atoms with E-state index < -0.39 is 0 Å². The minimum atomic E-state index is -0.217. The maximum atomic E-state index is 12.2. The summed E-state index contributed by atoms with van der Waals surface area (Å²) in [4.78, 5) is 23.8. The van der Waals surface area contributed by atoms with Gasteiger partial charge in [0, 0.05) is 30.9 Å². The molecule has 5 nitrogen and oxygen atoms in total. The molecule has 2 amide bonds. The molecule has 1 aliphatic carbocycles. The van der Waals surface area contributed by atoms with E-state index >= 15 is 0 Å². The van der Waals surface area contributed by atoms with Gasteiger partial charge < -0.3 is 15.2 Å². The summed E-state index contributed by atoms with van der Waals surface area (Å²) in [5.41, 5.74) is 2.43. The van der Waals surface area contributed by atoms with Crippen molar-refractivity contribution < 1.29 is 4.79 Å². The van der Waals surface area contributed by atoms with Crippen LogP contribution < -0.4 is 16.2 Å². The first-order chi connectivity index (χ1) is 12.1. The van der Waals surface area contributed by atoms with Crippen molar-refractivity contribution in [1.29, 1.82) is 0 Å². The first-order valence-electron chi connectivity index (χ1n) is 8.84. The van der Waals surface area contributed by atoms with Crippen molar-refractivity contribution in [3.63, 3.8) is 0 Å². The Kier molecular flexibility index (Phi) is 5.22.